The fourth-order valence-electron chi connectivity index (χ4n) is 9.07. The van der Waals surface area contributed by atoms with E-state index in [4.69, 9.17) is 13.8 Å². The Morgan fingerprint density at radius 3 is 1.79 bits per heavy atom. The number of hydrogen-bond acceptors (Lipinski definition) is 4. The largest absolute Gasteiger partial charge is 0.456 e. The Morgan fingerprint density at radius 2 is 1.00 bits per heavy atom. The van der Waals surface area contributed by atoms with Gasteiger partial charge in [-0.2, -0.15) is 0 Å². The molecule has 0 spiro atoms. The average molecular weight is 781 g/mol. The van der Waals surface area contributed by atoms with E-state index >= 15 is 0 Å². The molecule has 61 heavy (non-hydrogen) atoms. The number of rotatable bonds is 7. The lowest BCUT2D eigenvalue weighted by Crippen LogP contribution is -2.10. The smallest absolute Gasteiger partial charge is 0.227 e. The maximum Gasteiger partial charge on any atom is 0.227 e. The maximum absolute atomic E-state index is 6.75. The summed E-state index contributed by atoms with van der Waals surface area (Å²) in [6.07, 6.45) is 0. The second-order valence-corrected chi connectivity index (χ2v) is 15.5. The molecule has 10 aromatic carbocycles. The van der Waals surface area contributed by atoms with Gasteiger partial charge >= 0.3 is 0 Å². The summed E-state index contributed by atoms with van der Waals surface area (Å²) in [5, 5.41) is 6.74. The van der Waals surface area contributed by atoms with Crippen molar-refractivity contribution >= 4 is 71.6 Å². The van der Waals surface area contributed by atoms with Crippen molar-refractivity contribution in [1.82, 2.24) is 4.98 Å². The number of para-hydroxylation sites is 2. The van der Waals surface area contributed by atoms with Crippen molar-refractivity contribution in [3.05, 3.63) is 218 Å². The van der Waals surface area contributed by atoms with Gasteiger partial charge in [-0.05, 0) is 105 Å². The quantitative estimate of drug-likeness (QED) is 0.162. The third-order valence-electron chi connectivity index (χ3n) is 11.9. The number of hydrogen-bond donors (Lipinski definition) is 0. The van der Waals surface area contributed by atoms with Crippen LogP contribution in [0.2, 0.25) is 0 Å². The van der Waals surface area contributed by atoms with Crippen LogP contribution in [0, 0.1) is 0 Å². The highest BCUT2D eigenvalue weighted by atomic mass is 16.3. The summed E-state index contributed by atoms with van der Waals surface area (Å²) >= 11 is 0. The van der Waals surface area contributed by atoms with Crippen molar-refractivity contribution in [1.29, 1.82) is 0 Å². The highest BCUT2D eigenvalue weighted by Crippen LogP contribution is 2.48. The van der Waals surface area contributed by atoms with E-state index < -0.39 is 0 Å². The molecule has 4 nitrogen and oxygen atoms in total. The number of aromatic nitrogens is 1. The number of nitrogens with zero attached hydrogens (tertiary/aromatic N) is 2. The summed E-state index contributed by atoms with van der Waals surface area (Å²) in [5.74, 6) is 0.608. The summed E-state index contributed by atoms with van der Waals surface area (Å²) in [6.45, 7) is 0. The lowest BCUT2D eigenvalue weighted by atomic mass is 9.89. The van der Waals surface area contributed by atoms with Gasteiger partial charge in [0.25, 0.3) is 0 Å². The second-order valence-electron chi connectivity index (χ2n) is 15.5. The summed E-state index contributed by atoms with van der Waals surface area (Å²) in [5.41, 5.74) is 14.2. The van der Waals surface area contributed by atoms with Crippen molar-refractivity contribution in [3.8, 4) is 44.8 Å². The highest BCUT2D eigenvalue weighted by Gasteiger charge is 2.23. The van der Waals surface area contributed by atoms with E-state index in [1.807, 2.05) is 42.5 Å². The van der Waals surface area contributed by atoms with Crippen molar-refractivity contribution in [3.63, 3.8) is 0 Å². The van der Waals surface area contributed by atoms with Crippen LogP contribution < -0.4 is 4.90 Å². The van der Waals surface area contributed by atoms with Crippen LogP contribution in [-0.2, 0) is 0 Å². The number of anilines is 3. The molecule has 12 rings (SSSR count). The highest BCUT2D eigenvalue weighted by molar-refractivity contribution is 6.24. The molecule has 0 bridgehead atoms. The van der Waals surface area contributed by atoms with Crippen LogP contribution in [0.4, 0.5) is 17.1 Å². The molecule has 0 aliphatic carbocycles. The molecule has 0 fully saturated rings. The van der Waals surface area contributed by atoms with E-state index in [2.05, 4.69) is 181 Å². The van der Waals surface area contributed by atoms with Crippen molar-refractivity contribution in [2.24, 2.45) is 0 Å². The number of benzene rings is 10. The monoisotopic (exact) mass is 780 g/mol. The third-order valence-corrected chi connectivity index (χ3v) is 11.9. The summed E-state index contributed by atoms with van der Waals surface area (Å²) in [4.78, 5) is 7.39. The van der Waals surface area contributed by atoms with E-state index in [1.54, 1.807) is 0 Å². The van der Waals surface area contributed by atoms with Gasteiger partial charge in [0.1, 0.15) is 16.7 Å². The minimum absolute atomic E-state index is 0.608. The molecule has 0 aliphatic heterocycles. The van der Waals surface area contributed by atoms with Gasteiger partial charge in [-0.15, -0.1) is 0 Å². The van der Waals surface area contributed by atoms with Gasteiger partial charge in [-0.25, -0.2) is 4.98 Å². The molecule has 0 saturated carbocycles. The topological polar surface area (TPSA) is 42.4 Å². The first-order valence-corrected chi connectivity index (χ1v) is 20.6. The summed E-state index contributed by atoms with van der Waals surface area (Å²) in [6, 6.07) is 77.0. The molecule has 0 N–H and O–H groups in total. The van der Waals surface area contributed by atoms with Gasteiger partial charge in [-0.3, -0.25) is 0 Å². The molecule has 4 heteroatoms. The van der Waals surface area contributed by atoms with Gasteiger partial charge in [0.15, 0.2) is 5.58 Å². The minimum Gasteiger partial charge on any atom is -0.456 e. The molecule has 2 heterocycles. The number of furan rings is 1. The lowest BCUT2D eigenvalue weighted by molar-refractivity contribution is 0.620. The van der Waals surface area contributed by atoms with E-state index in [9.17, 15) is 0 Å². The van der Waals surface area contributed by atoms with Crippen LogP contribution in [0.1, 0.15) is 0 Å². The van der Waals surface area contributed by atoms with Crippen LogP contribution in [-0.4, -0.2) is 4.98 Å². The zero-order valence-electron chi connectivity index (χ0n) is 33.0. The number of oxazole rings is 1. The minimum atomic E-state index is 0.608. The maximum atomic E-state index is 6.75. The lowest BCUT2D eigenvalue weighted by Gasteiger charge is -2.28. The van der Waals surface area contributed by atoms with Crippen molar-refractivity contribution in [2.45, 2.75) is 0 Å². The molecule has 0 aliphatic rings. The Balaban J connectivity index is 1.06. The third kappa shape index (κ3) is 5.88. The zero-order valence-corrected chi connectivity index (χ0v) is 33.0. The normalized spacial score (nSPS) is 11.6. The Hall–Kier alpha value is -8.21. The molecular formula is C57H36N2O2. The van der Waals surface area contributed by atoms with Crippen molar-refractivity contribution < 1.29 is 8.83 Å². The predicted octanol–water partition coefficient (Wildman–Crippen LogP) is 16.2. The van der Waals surface area contributed by atoms with Crippen LogP contribution in [0.5, 0.6) is 0 Å². The average Bonchev–Trinajstić information content (AvgIpc) is 3.94. The van der Waals surface area contributed by atoms with Crippen LogP contribution in [0.25, 0.3) is 99.4 Å². The molecule has 0 unspecified atom stereocenters. The molecule has 12 aromatic rings. The predicted molar refractivity (Wildman–Crippen MR) is 253 cm³/mol. The Morgan fingerprint density at radius 1 is 0.361 bits per heavy atom. The van der Waals surface area contributed by atoms with Gasteiger partial charge < -0.3 is 13.7 Å². The van der Waals surface area contributed by atoms with E-state index in [1.165, 1.54) is 16.5 Å². The first-order chi connectivity index (χ1) is 30.2. The molecule has 2 aromatic heterocycles. The Labute approximate surface area is 352 Å². The van der Waals surface area contributed by atoms with E-state index in [0.29, 0.717) is 5.89 Å². The Kier molecular flexibility index (Phi) is 8.13. The summed E-state index contributed by atoms with van der Waals surface area (Å²) in [7, 11) is 0. The first kappa shape index (κ1) is 34.8. The molecule has 0 saturated heterocycles. The molecule has 0 radical (unpaired) electrons. The summed E-state index contributed by atoms with van der Waals surface area (Å²) < 4.78 is 13.1. The molecule has 0 atom stereocenters. The fourth-order valence-corrected chi connectivity index (χ4v) is 9.07. The van der Waals surface area contributed by atoms with Crippen molar-refractivity contribution in [2.75, 3.05) is 4.90 Å². The van der Waals surface area contributed by atoms with E-state index in [-0.39, 0.29) is 0 Å². The first-order valence-electron chi connectivity index (χ1n) is 20.6. The Bertz CT molecular complexity index is 3570. The second kappa shape index (κ2) is 14.3. The standard InChI is InChI=1S/C57H36N2O2/c1-4-15-37(16-5-1)38-27-30-43(31-28-38)59(42-20-8-3-9-21-42)50-33-32-48(46-23-12-13-24-47(46)50)54-44-22-11-10-19-40(44)36-53-55(54)49-35-41(29-34-51(49)60-53)45-25-14-26-52-56(45)58-57(61-52)39-17-6-2-7-18-39/h1-36H. The van der Waals surface area contributed by atoms with Gasteiger partial charge in [-0.1, -0.05) is 152 Å². The molecular weight excluding hydrogens is 745 g/mol. The SMILES string of the molecule is c1ccc(-c2ccc(N(c3ccccc3)c3ccc(-c4c5ccccc5cc5oc6ccc(-c7cccc8oc(-c9ccccc9)nc78)cc6c45)c4ccccc34)cc2)cc1. The van der Waals surface area contributed by atoms with E-state index in [0.717, 1.165) is 94.1 Å². The van der Waals surface area contributed by atoms with Crippen LogP contribution in [0.3, 0.4) is 0 Å². The van der Waals surface area contributed by atoms with Gasteiger partial charge in [0.05, 0.1) is 5.69 Å². The van der Waals surface area contributed by atoms with Gasteiger partial charge in [0, 0.05) is 44.2 Å². The zero-order chi connectivity index (χ0) is 40.3. The molecule has 0 amide bonds. The molecule has 286 valence electrons. The number of fused-ring (bicyclic) bond motifs is 6. The van der Waals surface area contributed by atoms with Crippen LogP contribution >= 0.6 is 0 Å². The van der Waals surface area contributed by atoms with Crippen LogP contribution in [0.15, 0.2) is 227 Å². The fraction of sp³-hybridized carbons (Fsp3) is 0. The van der Waals surface area contributed by atoms with Gasteiger partial charge in [0.2, 0.25) is 5.89 Å².